The minimum absolute atomic E-state index is 0.114. The van der Waals surface area contributed by atoms with Crippen LogP contribution in [0.3, 0.4) is 0 Å². The van der Waals surface area contributed by atoms with Gasteiger partial charge in [0.05, 0.1) is 12.8 Å². The van der Waals surface area contributed by atoms with Crippen molar-refractivity contribution in [1.29, 1.82) is 0 Å². The third-order valence-electron chi connectivity index (χ3n) is 2.69. The summed E-state index contributed by atoms with van der Waals surface area (Å²) in [6.07, 6.45) is 4.53. The summed E-state index contributed by atoms with van der Waals surface area (Å²) in [6, 6.07) is 0. The standard InChI is InChI=1S/C12H19N3O3S/c1-9(2)8-18-12(16)19-11-7-13-14-15(11)10-5-3-4-6-17-10/h7,9-10H,3-6,8H2,1-2H3. The van der Waals surface area contributed by atoms with Gasteiger partial charge in [0.2, 0.25) is 0 Å². The molecule has 0 radical (unpaired) electrons. The average molecular weight is 285 g/mol. The Hall–Kier alpha value is -1.08. The van der Waals surface area contributed by atoms with Crippen LogP contribution in [0.25, 0.3) is 0 Å². The highest BCUT2D eigenvalue weighted by atomic mass is 32.2. The first-order valence-corrected chi connectivity index (χ1v) is 7.35. The summed E-state index contributed by atoms with van der Waals surface area (Å²) in [5.41, 5.74) is 0. The molecule has 1 aliphatic rings. The monoisotopic (exact) mass is 285 g/mol. The van der Waals surface area contributed by atoms with E-state index in [2.05, 4.69) is 10.3 Å². The summed E-state index contributed by atoms with van der Waals surface area (Å²) in [6.45, 7) is 5.15. The van der Waals surface area contributed by atoms with Crippen molar-refractivity contribution in [3.05, 3.63) is 6.20 Å². The molecular weight excluding hydrogens is 266 g/mol. The summed E-state index contributed by atoms with van der Waals surface area (Å²) >= 11 is 1.01. The van der Waals surface area contributed by atoms with Gasteiger partial charge in [0, 0.05) is 18.4 Å². The minimum Gasteiger partial charge on any atom is -0.457 e. The van der Waals surface area contributed by atoms with Gasteiger partial charge in [-0.1, -0.05) is 19.1 Å². The predicted molar refractivity (Wildman–Crippen MR) is 70.9 cm³/mol. The smallest absolute Gasteiger partial charge is 0.373 e. The zero-order valence-corrected chi connectivity index (χ0v) is 12.1. The van der Waals surface area contributed by atoms with Crippen LogP contribution in [0.4, 0.5) is 4.79 Å². The predicted octanol–water partition coefficient (Wildman–Crippen LogP) is 2.86. The molecule has 1 aliphatic heterocycles. The fourth-order valence-electron chi connectivity index (χ4n) is 1.77. The topological polar surface area (TPSA) is 66.2 Å². The molecule has 0 spiro atoms. The number of hydrogen-bond donors (Lipinski definition) is 0. The lowest BCUT2D eigenvalue weighted by molar-refractivity contribution is -0.0455. The van der Waals surface area contributed by atoms with E-state index in [0.29, 0.717) is 17.6 Å². The Kier molecular flexibility index (Phi) is 5.21. The molecule has 1 aromatic heterocycles. The number of rotatable bonds is 4. The lowest BCUT2D eigenvalue weighted by Crippen LogP contribution is -2.20. The number of carbonyl (C=O) groups is 1. The second-order valence-corrected chi connectivity index (χ2v) is 5.85. The number of aromatic nitrogens is 3. The Bertz CT molecular complexity index is 416. The van der Waals surface area contributed by atoms with Crippen molar-refractivity contribution in [2.24, 2.45) is 5.92 Å². The maximum absolute atomic E-state index is 11.7. The Morgan fingerprint density at radius 1 is 1.63 bits per heavy atom. The largest absolute Gasteiger partial charge is 0.457 e. The summed E-state index contributed by atoms with van der Waals surface area (Å²) in [7, 11) is 0. The molecule has 1 unspecified atom stereocenters. The second-order valence-electron chi connectivity index (χ2n) is 4.89. The van der Waals surface area contributed by atoms with Crippen molar-refractivity contribution in [1.82, 2.24) is 15.0 Å². The fraction of sp³-hybridized carbons (Fsp3) is 0.750. The molecule has 2 heterocycles. The van der Waals surface area contributed by atoms with Gasteiger partial charge in [-0.15, -0.1) is 5.10 Å². The van der Waals surface area contributed by atoms with Crippen molar-refractivity contribution in [2.75, 3.05) is 13.2 Å². The van der Waals surface area contributed by atoms with E-state index in [9.17, 15) is 4.79 Å². The number of hydrogen-bond acceptors (Lipinski definition) is 6. The van der Waals surface area contributed by atoms with Crippen LogP contribution >= 0.6 is 11.8 Å². The average Bonchev–Trinajstić information content (AvgIpc) is 2.85. The van der Waals surface area contributed by atoms with Crippen LogP contribution in [0.2, 0.25) is 0 Å². The molecule has 0 saturated carbocycles. The quantitative estimate of drug-likeness (QED) is 0.626. The van der Waals surface area contributed by atoms with E-state index >= 15 is 0 Å². The highest BCUT2D eigenvalue weighted by Crippen LogP contribution is 2.27. The van der Waals surface area contributed by atoms with Crippen LogP contribution in [0.15, 0.2) is 11.2 Å². The Balaban J connectivity index is 1.93. The van der Waals surface area contributed by atoms with Gasteiger partial charge in [-0.2, -0.15) is 0 Å². The van der Waals surface area contributed by atoms with Crippen LogP contribution < -0.4 is 0 Å². The van der Waals surface area contributed by atoms with Gasteiger partial charge < -0.3 is 9.47 Å². The van der Waals surface area contributed by atoms with E-state index in [1.165, 1.54) is 0 Å². The van der Waals surface area contributed by atoms with Crippen LogP contribution in [0, 0.1) is 5.92 Å². The second kappa shape index (κ2) is 6.91. The SMILES string of the molecule is CC(C)COC(=O)Sc1cnnn1C1CCCCO1. The van der Waals surface area contributed by atoms with Gasteiger partial charge in [-0.3, -0.25) is 0 Å². The molecule has 1 saturated heterocycles. The van der Waals surface area contributed by atoms with E-state index < -0.39 is 0 Å². The third kappa shape index (κ3) is 4.21. The van der Waals surface area contributed by atoms with Crippen molar-refractivity contribution in [2.45, 2.75) is 44.4 Å². The molecule has 1 fully saturated rings. The van der Waals surface area contributed by atoms with Gasteiger partial charge in [0.1, 0.15) is 5.03 Å². The van der Waals surface area contributed by atoms with Crippen LogP contribution in [0.5, 0.6) is 0 Å². The van der Waals surface area contributed by atoms with E-state index in [0.717, 1.165) is 37.6 Å². The van der Waals surface area contributed by atoms with Gasteiger partial charge in [0.25, 0.3) is 0 Å². The number of nitrogens with zero attached hydrogens (tertiary/aromatic N) is 3. The number of carbonyl (C=O) groups excluding carboxylic acids is 1. The van der Waals surface area contributed by atoms with Gasteiger partial charge in [-0.25, -0.2) is 9.48 Å². The molecule has 7 heteroatoms. The highest BCUT2D eigenvalue weighted by molar-refractivity contribution is 8.13. The van der Waals surface area contributed by atoms with Crippen molar-refractivity contribution in [3.63, 3.8) is 0 Å². The number of thioether (sulfide) groups is 1. The van der Waals surface area contributed by atoms with E-state index in [1.807, 2.05) is 13.8 Å². The van der Waals surface area contributed by atoms with E-state index in [-0.39, 0.29) is 11.5 Å². The molecule has 6 nitrogen and oxygen atoms in total. The summed E-state index contributed by atoms with van der Waals surface area (Å²) < 4.78 is 12.4. The molecule has 0 aliphatic carbocycles. The first-order valence-electron chi connectivity index (χ1n) is 6.53. The molecule has 2 rings (SSSR count). The summed E-state index contributed by atoms with van der Waals surface area (Å²) in [5, 5.41) is 8.19. The molecule has 0 amide bonds. The molecule has 1 aromatic rings. The molecule has 0 N–H and O–H groups in total. The highest BCUT2D eigenvalue weighted by Gasteiger charge is 2.21. The van der Waals surface area contributed by atoms with Crippen molar-refractivity contribution < 1.29 is 14.3 Å². The lowest BCUT2D eigenvalue weighted by Gasteiger charge is -2.23. The van der Waals surface area contributed by atoms with Crippen molar-refractivity contribution >= 4 is 17.1 Å². The Morgan fingerprint density at radius 2 is 2.47 bits per heavy atom. The lowest BCUT2D eigenvalue weighted by atomic mass is 10.2. The Morgan fingerprint density at radius 3 is 3.16 bits per heavy atom. The number of ether oxygens (including phenoxy) is 2. The molecule has 106 valence electrons. The van der Waals surface area contributed by atoms with Crippen molar-refractivity contribution in [3.8, 4) is 0 Å². The summed E-state index contributed by atoms with van der Waals surface area (Å²) in [5.74, 6) is 0.328. The maximum atomic E-state index is 11.7. The first-order chi connectivity index (χ1) is 9.16. The van der Waals surface area contributed by atoms with Gasteiger partial charge >= 0.3 is 5.30 Å². The molecule has 19 heavy (non-hydrogen) atoms. The van der Waals surface area contributed by atoms with Gasteiger partial charge in [-0.05, 0) is 25.2 Å². The maximum Gasteiger partial charge on any atom is 0.373 e. The zero-order valence-electron chi connectivity index (χ0n) is 11.2. The molecular formula is C12H19N3O3S. The zero-order chi connectivity index (χ0) is 13.7. The van der Waals surface area contributed by atoms with Crippen LogP contribution in [-0.4, -0.2) is 33.5 Å². The van der Waals surface area contributed by atoms with Crippen LogP contribution in [-0.2, 0) is 9.47 Å². The fourth-order valence-corrected chi connectivity index (χ4v) is 2.42. The molecule has 1 atom stereocenters. The minimum atomic E-state index is -0.326. The summed E-state index contributed by atoms with van der Waals surface area (Å²) in [4.78, 5) is 11.7. The normalized spacial score (nSPS) is 19.6. The third-order valence-corrected chi connectivity index (χ3v) is 3.48. The van der Waals surface area contributed by atoms with E-state index in [1.54, 1.807) is 10.9 Å². The molecule has 0 aromatic carbocycles. The van der Waals surface area contributed by atoms with Crippen LogP contribution in [0.1, 0.15) is 39.3 Å². The Labute approximate surface area is 116 Å². The molecule has 0 bridgehead atoms. The first kappa shape index (κ1) is 14.3. The van der Waals surface area contributed by atoms with Gasteiger partial charge in [0.15, 0.2) is 6.23 Å². The van der Waals surface area contributed by atoms with E-state index in [4.69, 9.17) is 9.47 Å².